The van der Waals surface area contributed by atoms with E-state index >= 15 is 0 Å². The highest BCUT2D eigenvalue weighted by molar-refractivity contribution is 8.13. The Labute approximate surface area is 133 Å². The summed E-state index contributed by atoms with van der Waals surface area (Å²) >= 11 is 6.00. The first kappa shape index (κ1) is 16.1. The molecule has 1 aromatic heterocycles. The molecule has 0 fully saturated rings. The molecular weight excluding hydrogens is 333 g/mol. The number of aromatic nitrogens is 1. The van der Waals surface area contributed by atoms with E-state index in [0.717, 1.165) is 5.56 Å². The monoisotopic (exact) mass is 345 g/mol. The summed E-state index contributed by atoms with van der Waals surface area (Å²) < 4.78 is 29.0. The third kappa shape index (κ3) is 3.87. The van der Waals surface area contributed by atoms with Gasteiger partial charge in [-0.15, -0.1) is 0 Å². The Hall–Kier alpha value is -1.30. The van der Waals surface area contributed by atoms with E-state index in [4.69, 9.17) is 27.0 Å². The normalized spacial score (nSPS) is 11.4. The minimum absolute atomic E-state index is 0.0353. The number of halogens is 2. The van der Waals surface area contributed by atoms with E-state index in [2.05, 4.69) is 4.98 Å². The quantitative estimate of drug-likeness (QED) is 0.789. The zero-order valence-corrected chi connectivity index (χ0v) is 13.8. The Bertz CT molecular complexity index is 776. The van der Waals surface area contributed by atoms with Gasteiger partial charge in [0.2, 0.25) is 0 Å². The molecule has 0 saturated heterocycles. The molecule has 7 heteroatoms. The van der Waals surface area contributed by atoms with Crippen molar-refractivity contribution in [1.82, 2.24) is 4.98 Å². The predicted octanol–water partition coefficient (Wildman–Crippen LogP) is 3.86. The first-order valence-corrected chi connectivity index (χ1v) is 8.75. The fraction of sp³-hybridized carbons (Fsp3) is 0.214. The van der Waals surface area contributed by atoms with Gasteiger partial charge < -0.3 is 4.74 Å². The van der Waals surface area contributed by atoms with Crippen LogP contribution in [0.1, 0.15) is 16.7 Å². The summed E-state index contributed by atoms with van der Waals surface area (Å²) in [6, 6.07) is 5.02. The summed E-state index contributed by atoms with van der Waals surface area (Å²) in [5.41, 5.74) is 2.20. The van der Waals surface area contributed by atoms with E-state index in [1.54, 1.807) is 26.1 Å². The number of benzene rings is 1. The molecule has 0 spiro atoms. The average molecular weight is 346 g/mol. The van der Waals surface area contributed by atoms with Crippen LogP contribution in [0.2, 0.25) is 5.02 Å². The largest absolute Gasteiger partial charge is 0.487 e. The van der Waals surface area contributed by atoms with Gasteiger partial charge in [0.1, 0.15) is 17.3 Å². The van der Waals surface area contributed by atoms with E-state index in [0.29, 0.717) is 16.1 Å². The second-order valence-corrected chi connectivity index (χ2v) is 7.54. The van der Waals surface area contributed by atoms with Gasteiger partial charge in [-0.2, -0.15) is 0 Å². The average Bonchev–Trinajstić information content (AvgIpc) is 2.37. The van der Waals surface area contributed by atoms with E-state index in [-0.39, 0.29) is 17.3 Å². The van der Waals surface area contributed by atoms with Crippen LogP contribution in [0.4, 0.5) is 0 Å². The molecule has 0 amide bonds. The molecule has 4 nitrogen and oxygen atoms in total. The van der Waals surface area contributed by atoms with Gasteiger partial charge in [-0.25, -0.2) is 8.42 Å². The topological polar surface area (TPSA) is 56.3 Å². The Morgan fingerprint density at radius 1 is 1.29 bits per heavy atom. The first-order valence-electron chi connectivity index (χ1n) is 6.06. The first-order chi connectivity index (χ1) is 9.79. The van der Waals surface area contributed by atoms with Gasteiger partial charge in [0.25, 0.3) is 9.05 Å². The predicted molar refractivity (Wildman–Crippen MR) is 82.5 cm³/mol. The maximum atomic E-state index is 11.7. The minimum Gasteiger partial charge on any atom is -0.487 e. The van der Waals surface area contributed by atoms with Crippen LogP contribution >= 0.6 is 22.3 Å². The lowest BCUT2D eigenvalue weighted by Gasteiger charge is -2.14. The van der Waals surface area contributed by atoms with Gasteiger partial charge in [0, 0.05) is 28.6 Å². The number of aryl methyl sites for hydroxylation is 2. The highest BCUT2D eigenvalue weighted by Crippen LogP contribution is 2.32. The number of pyridine rings is 1. The zero-order chi connectivity index (χ0) is 15.6. The van der Waals surface area contributed by atoms with Crippen LogP contribution in [-0.4, -0.2) is 13.4 Å². The summed E-state index contributed by atoms with van der Waals surface area (Å²) in [6.45, 7) is 3.69. The fourth-order valence-corrected chi connectivity index (χ4v) is 3.24. The van der Waals surface area contributed by atoms with Crippen molar-refractivity contribution in [3.05, 3.63) is 52.3 Å². The van der Waals surface area contributed by atoms with Crippen LogP contribution in [0.25, 0.3) is 0 Å². The number of rotatable bonds is 4. The van der Waals surface area contributed by atoms with Crippen molar-refractivity contribution in [2.45, 2.75) is 25.3 Å². The Balaban J connectivity index is 2.39. The van der Waals surface area contributed by atoms with Gasteiger partial charge in [-0.05, 0) is 37.1 Å². The third-order valence-electron chi connectivity index (χ3n) is 2.88. The van der Waals surface area contributed by atoms with Gasteiger partial charge in [0.15, 0.2) is 0 Å². The van der Waals surface area contributed by atoms with Crippen LogP contribution in [0.3, 0.4) is 0 Å². The molecule has 0 aliphatic rings. The summed E-state index contributed by atoms with van der Waals surface area (Å²) in [4.78, 5) is 3.85. The molecule has 0 unspecified atom stereocenters. The number of nitrogens with zero attached hydrogens (tertiary/aromatic N) is 1. The van der Waals surface area contributed by atoms with E-state index in [9.17, 15) is 8.42 Å². The van der Waals surface area contributed by atoms with Crippen LogP contribution in [0, 0.1) is 13.8 Å². The van der Waals surface area contributed by atoms with Gasteiger partial charge in [-0.3, -0.25) is 4.98 Å². The van der Waals surface area contributed by atoms with Crippen LogP contribution in [-0.2, 0) is 15.7 Å². The molecule has 0 radical (unpaired) electrons. The standard InChI is InChI=1S/C14H13Cl2NO3S/c1-9-5-10(2)14(13(6-9)21(16,18)19)20-8-11-3-4-17-7-12(11)15/h3-7H,8H2,1-2H3. The summed E-state index contributed by atoms with van der Waals surface area (Å²) in [7, 11) is 1.59. The molecule has 2 rings (SSSR count). The maximum Gasteiger partial charge on any atom is 0.265 e. The summed E-state index contributed by atoms with van der Waals surface area (Å²) in [5.74, 6) is 0.239. The Morgan fingerprint density at radius 2 is 2.00 bits per heavy atom. The molecule has 21 heavy (non-hydrogen) atoms. The highest BCUT2D eigenvalue weighted by atomic mass is 35.7. The SMILES string of the molecule is Cc1cc(C)c(OCc2ccncc2Cl)c(S(=O)(=O)Cl)c1. The number of hydrogen-bond acceptors (Lipinski definition) is 4. The van der Waals surface area contributed by atoms with E-state index in [1.807, 2.05) is 6.07 Å². The zero-order valence-electron chi connectivity index (χ0n) is 11.4. The Morgan fingerprint density at radius 3 is 2.62 bits per heavy atom. The number of hydrogen-bond donors (Lipinski definition) is 0. The Kier molecular flexibility index (Phi) is 4.76. The van der Waals surface area contributed by atoms with Crippen LogP contribution < -0.4 is 4.74 Å². The lowest BCUT2D eigenvalue weighted by molar-refractivity contribution is 0.296. The van der Waals surface area contributed by atoms with Crippen molar-refractivity contribution in [2.24, 2.45) is 0 Å². The molecule has 1 aromatic carbocycles. The molecule has 112 valence electrons. The van der Waals surface area contributed by atoms with Gasteiger partial charge in [-0.1, -0.05) is 17.7 Å². The van der Waals surface area contributed by atoms with Gasteiger partial charge in [0.05, 0.1) is 5.02 Å². The maximum absolute atomic E-state index is 11.7. The second kappa shape index (κ2) is 6.22. The molecule has 0 bridgehead atoms. The molecule has 0 aliphatic heterocycles. The molecule has 0 saturated carbocycles. The van der Waals surface area contributed by atoms with E-state index in [1.165, 1.54) is 12.3 Å². The summed E-state index contributed by atoms with van der Waals surface area (Å²) in [6.07, 6.45) is 3.09. The van der Waals surface area contributed by atoms with E-state index < -0.39 is 9.05 Å². The molecule has 0 N–H and O–H groups in total. The second-order valence-electron chi connectivity index (χ2n) is 4.60. The minimum atomic E-state index is -3.89. The van der Waals surface area contributed by atoms with Crippen LogP contribution in [0.15, 0.2) is 35.5 Å². The van der Waals surface area contributed by atoms with Crippen molar-refractivity contribution < 1.29 is 13.2 Å². The van der Waals surface area contributed by atoms with Crippen molar-refractivity contribution >= 4 is 31.3 Å². The van der Waals surface area contributed by atoms with Crippen molar-refractivity contribution in [3.8, 4) is 5.75 Å². The molecule has 0 aliphatic carbocycles. The molecular formula is C14H13Cl2NO3S. The van der Waals surface area contributed by atoms with Crippen molar-refractivity contribution in [2.75, 3.05) is 0 Å². The van der Waals surface area contributed by atoms with Gasteiger partial charge >= 0.3 is 0 Å². The summed E-state index contributed by atoms with van der Waals surface area (Å²) in [5, 5.41) is 0.456. The van der Waals surface area contributed by atoms with Crippen molar-refractivity contribution in [1.29, 1.82) is 0 Å². The lowest BCUT2D eigenvalue weighted by Crippen LogP contribution is -2.04. The molecule has 2 aromatic rings. The number of ether oxygens (including phenoxy) is 1. The molecule has 0 atom stereocenters. The smallest absolute Gasteiger partial charge is 0.265 e. The third-order valence-corrected chi connectivity index (χ3v) is 4.54. The van der Waals surface area contributed by atoms with Crippen LogP contribution in [0.5, 0.6) is 5.75 Å². The fourth-order valence-electron chi connectivity index (χ4n) is 1.95. The highest BCUT2D eigenvalue weighted by Gasteiger charge is 2.20. The molecule has 1 heterocycles. The lowest BCUT2D eigenvalue weighted by atomic mass is 10.1. The van der Waals surface area contributed by atoms with Crippen molar-refractivity contribution in [3.63, 3.8) is 0 Å².